The number of amides is 2. The average Bonchev–Trinajstić information content (AvgIpc) is 3.98. The Kier molecular flexibility index (Phi) is 14.2. The SMILES string of the molecule is COC1C(OC(=O)NCCOCCOCCNC(=O)CCN[C@H](C=O)Cc2ccccc2)CC[C@]2(CO2)C1[C@@]1(C)O[C@@H]1CC=C(C)C. The summed E-state index contributed by atoms with van der Waals surface area (Å²) in [4.78, 5) is 36.0. The Labute approximate surface area is 278 Å². The third-order valence-electron chi connectivity index (χ3n) is 9.17. The number of hydrogen-bond donors (Lipinski definition) is 3. The zero-order valence-electron chi connectivity index (χ0n) is 28.3. The van der Waals surface area contributed by atoms with Crippen LogP contribution in [-0.4, -0.2) is 114 Å². The fourth-order valence-corrected chi connectivity index (χ4v) is 6.56. The van der Waals surface area contributed by atoms with Crippen molar-refractivity contribution < 1.29 is 42.8 Å². The molecule has 1 aromatic carbocycles. The van der Waals surface area contributed by atoms with Gasteiger partial charge in [0.05, 0.1) is 51.1 Å². The van der Waals surface area contributed by atoms with Gasteiger partial charge in [0.15, 0.2) is 0 Å². The van der Waals surface area contributed by atoms with Crippen molar-refractivity contribution in [3.63, 3.8) is 0 Å². The predicted octanol–water partition coefficient (Wildman–Crippen LogP) is 2.73. The zero-order valence-corrected chi connectivity index (χ0v) is 28.3. The van der Waals surface area contributed by atoms with Gasteiger partial charge in [0.25, 0.3) is 0 Å². The Bertz CT molecular complexity index is 1170. The van der Waals surface area contributed by atoms with Gasteiger partial charge in [0, 0.05) is 33.2 Å². The minimum atomic E-state index is -0.505. The molecule has 3 fully saturated rings. The first-order valence-electron chi connectivity index (χ1n) is 16.8. The van der Waals surface area contributed by atoms with Gasteiger partial charge in [-0.15, -0.1) is 0 Å². The van der Waals surface area contributed by atoms with E-state index < -0.39 is 12.2 Å². The van der Waals surface area contributed by atoms with Crippen molar-refractivity contribution in [1.82, 2.24) is 16.0 Å². The molecule has 262 valence electrons. The van der Waals surface area contributed by atoms with Gasteiger partial charge in [-0.3, -0.25) is 4.79 Å². The first kappa shape index (κ1) is 37.0. The smallest absolute Gasteiger partial charge is 0.407 e. The summed E-state index contributed by atoms with van der Waals surface area (Å²) in [7, 11) is 1.66. The van der Waals surface area contributed by atoms with Crippen LogP contribution in [0.5, 0.6) is 0 Å². The van der Waals surface area contributed by atoms with Crippen molar-refractivity contribution in [2.45, 2.75) is 88.4 Å². The number of hydrogen-bond acceptors (Lipinski definition) is 10. The Morgan fingerprint density at radius 3 is 2.38 bits per heavy atom. The lowest BCUT2D eigenvalue weighted by Gasteiger charge is -2.42. The van der Waals surface area contributed by atoms with E-state index in [4.69, 9.17) is 28.4 Å². The van der Waals surface area contributed by atoms with Crippen LogP contribution in [0.15, 0.2) is 42.0 Å². The molecule has 0 aromatic heterocycles. The standard InChI is InChI=1S/C35H53N3O9/c1-25(2)10-11-29-34(3,47-29)32-31(42-4)28(12-14-35(32)24-45-35)46-33(41)38-17-19-44-21-20-43-18-16-37-30(40)13-15-36-27(23-39)22-26-8-6-5-7-9-26/h5-10,23,27-29,31-32,36H,11-22,24H2,1-4H3,(H,37,40)(H,38,41)/t27-,28?,29+,31?,32?,34-,35-/m0/s1. The molecule has 2 heterocycles. The van der Waals surface area contributed by atoms with Crippen molar-refractivity contribution >= 4 is 18.3 Å². The fourth-order valence-electron chi connectivity index (χ4n) is 6.56. The topological polar surface area (TPSA) is 149 Å². The Balaban J connectivity index is 1.01. The number of benzene rings is 1. The first-order chi connectivity index (χ1) is 22.7. The van der Waals surface area contributed by atoms with Crippen molar-refractivity contribution in [3.8, 4) is 0 Å². The number of carbonyl (C=O) groups excluding carboxylic acids is 3. The van der Waals surface area contributed by atoms with Crippen molar-refractivity contribution in [2.75, 3.05) is 59.8 Å². The minimum Gasteiger partial charge on any atom is -0.443 e. The number of epoxide rings is 2. The number of carbonyl (C=O) groups is 3. The van der Waals surface area contributed by atoms with Gasteiger partial charge < -0.3 is 49.2 Å². The molecule has 3 N–H and O–H groups in total. The normalized spacial score (nSPS) is 28.3. The molecule has 2 amide bonds. The molecule has 1 aromatic rings. The zero-order chi connectivity index (χ0) is 33.7. The maximum Gasteiger partial charge on any atom is 0.407 e. The van der Waals surface area contributed by atoms with Crippen LogP contribution in [0.2, 0.25) is 0 Å². The van der Waals surface area contributed by atoms with E-state index >= 15 is 0 Å². The van der Waals surface area contributed by atoms with Gasteiger partial charge >= 0.3 is 6.09 Å². The fraction of sp³-hybridized carbons (Fsp3) is 0.686. The van der Waals surface area contributed by atoms with Gasteiger partial charge in [-0.1, -0.05) is 42.0 Å². The van der Waals surface area contributed by atoms with Gasteiger partial charge in [-0.05, 0) is 52.0 Å². The van der Waals surface area contributed by atoms with Crippen molar-refractivity contribution in [2.24, 2.45) is 5.92 Å². The lowest BCUT2D eigenvalue weighted by atomic mass is 9.68. The highest BCUT2D eigenvalue weighted by Gasteiger charge is 2.72. The molecule has 2 aliphatic heterocycles. The molecule has 1 aliphatic carbocycles. The molecule has 1 saturated carbocycles. The summed E-state index contributed by atoms with van der Waals surface area (Å²) in [6.07, 6.45) is 5.09. The van der Waals surface area contributed by atoms with Crippen LogP contribution in [0, 0.1) is 5.92 Å². The monoisotopic (exact) mass is 659 g/mol. The average molecular weight is 660 g/mol. The van der Waals surface area contributed by atoms with E-state index in [2.05, 4.69) is 42.8 Å². The van der Waals surface area contributed by atoms with Crippen LogP contribution in [0.3, 0.4) is 0 Å². The number of rotatable bonds is 21. The molecule has 12 heteroatoms. The molecule has 0 bridgehead atoms. The predicted molar refractivity (Wildman–Crippen MR) is 175 cm³/mol. The summed E-state index contributed by atoms with van der Waals surface area (Å²) >= 11 is 0. The van der Waals surface area contributed by atoms with Crippen molar-refractivity contribution in [3.05, 3.63) is 47.5 Å². The van der Waals surface area contributed by atoms with Gasteiger partial charge in [0.1, 0.15) is 29.7 Å². The lowest BCUT2D eigenvalue weighted by Crippen LogP contribution is -2.56. The largest absolute Gasteiger partial charge is 0.443 e. The molecule has 4 rings (SSSR count). The maximum absolute atomic E-state index is 12.6. The Morgan fingerprint density at radius 1 is 1.04 bits per heavy atom. The highest BCUT2D eigenvalue weighted by atomic mass is 16.6. The Hall–Kier alpha value is -2.87. The van der Waals surface area contributed by atoms with Crippen LogP contribution in [-0.2, 0) is 44.4 Å². The number of allylic oxidation sites excluding steroid dienone is 1. The van der Waals surface area contributed by atoms with Crippen LogP contribution < -0.4 is 16.0 Å². The number of aldehydes is 1. The second kappa shape index (κ2) is 18.0. The van der Waals surface area contributed by atoms with Crippen LogP contribution >= 0.6 is 0 Å². The van der Waals surface area contributed by atoms with Gasteiger partial charge in [-0.25, -0.2) is 4.79 Å². The van der Waals surface area contributed by atoms with Gasteiger partial charge in [0.2, 0.25) is 5.91 Å². The molecule has 47 heavy (non-hydrogen) atoms. The summed E-state index contributed by atoms with van der Waals surface area (Å²) in [6.45, 7) is 9.43. The van der Waals surface area contributed by atoms with E-state index in [-0.39, 0.29) is 47.7 Å². The van der Waals surface area contributed by atoms with Crippen LogP contribution in [0.1, 0.15) is 52.0 Å². The molecule has 7 atom stereocenters. The second-order valence-corrected chi connectivity index (χ2v) is 13.0. The van der Waals surface area contributed by atoms with E-state index in [9.17, 15) is 14.4 Å². The third kappa shape index (κ3) is 11.1. The molecule has 3 aliphatic rings. The summed E-state index contributed by atoms with van der Waals surface area (Å²) in [6, 6.07) is 9.42. The van der Waals surface area contributed by atoms with Gasteiger partial charge in [-0.2, -0.15) is 0 Å². The second-order valence-electron chi connectivity index (χ2n) is 13.0. The quantitative estimate of drug-likeness (QED) is 0.0779. The number of nitrogens with one attached hydrogen (secondary N) is 3. The summed E-state index contributed by atoms with van der Waals surface area (Å²) in [5, 5.41) is 8.67. The maximum atomic E-state index is 12.6. The first-order valence-corrected chi connectivity index (χ1v) is 16.8. The summed E-state index contributed by atoms with van der Waals surface area (Å²) < 4.78 is 35.0. The molecule has 3 unspecified atom stereocenters. The van der Waals surface area contributed by atoms with E-state index in [1.54, 1.807) is 7.11 Å². The summed E-state index contributed by atoms with van der Waals surface area (Å²) in [5.74, 6) is -0.138. The minimum absolute atomic E-state index is 0.0258. The van der Waals surface area contributed by atoms with Crippen LogP contribution in [0.4, 0.5) is 4.79 Å². The number of methoxy groups -OCH3 is 1. The molecule has 12 nitrogen and oxygen atoms in total. The molecular weight excluding hydrogens is 606 g/mol. The molecular formula is C35H53N3O9. The van der Waals surface area contributed by atoms with Crippen molar-refractivity contribution in [1.29, 1.82) is 0 Å². The lowest BCUT2D eigenvalue weighted by molar-refractivity contribution is -0.121. The number of alkyl carbamates (subject to hydrolysis) is 1. The molecule has 2 saturated heterocycles. The van der Waals surface area contributed by atoms with E-state index in [1.165, 1.54) is 5.57 Å². The molecule has 0 radical (unpaired) electrons. The highest BCUT2D eigenvalue weighted by Crippen LogP contribution is 2.59. The van der Waals surface area contributed by atoms with Crippen LogP contribution in [0.25, 0.3) is 0 Å². The highest BCUT2D eigenvalue weighted by molar-refractivity contribution is 5.76. The Morgan fingerprint density at radius 2 is 1.74 bits per heavy atom. The third-order valence-corrected chi connectivity index (χ3v) is 9.17. The summed E-state index contributed by atoms with van der Waals surface area (Å²) in [5.41, 5.74) is 1.67. The number of ether oxygens (including phenoxy) is 6. The molecule has 1 spiro atoms. The van der Waals surface area contributed by atoms with E-state index in [0.717, 1.165) is 24.7 Å². The van der Waals surface area contributed by atoms with E-state index in [1.807, 2.05) is 30.3 Å². The van der Waals surface area contributed by atoms with E-state index in [0.29, 0.717) is 65.5 Å².